The Hall–Kier alpha value is -4.03. The van der Waals surface area contributed by atoms with Crippen LogP contribution in [-0.4, -0.2) is 28.4 Å². The Morgan fingerprint density at radius 2 is 1.81 bits per heavy atom. The molecule has 0 spiro atoms. The molecule has 1 unspecified atom stereocenters. The van der Waals surface area contributed by atoms with Crippen molar-refractivity contribution >= 4 is 45.6 Å². The number of halogens is 1. The zero-order valence-corrected chi connectivity index (χ0v) is 21.5. The van der Waals surface area contributed by atoms with Crippen molar-refractivity contribution in [3.8, 4) is 5.75 Å². The van der Waals surface area contributed by atoms with Crippen molar-refractivity contribution in [3.05, 3.63) is 100 Å². The van der Waals surface area contributed by atoms with Crippen LogP contribution in [0.4, 0.5) is 5.69 Å². The summed E-state index contributed by atoms with van der Waals surface area (Å²) in [7, 11) is 0. The number of Topliss-reactive ketones (excluding diaryl/α,β-unsaturated/α-hetero) is 1. The number of para-hydroxylation sites is 1. The summed E-state index contributed by atoms with van der Waals surface area (Å²) in [6, 6.07) is 19.2. The molecule has 2 heterocycles. The number of hydrogen-bond acceptors (Lipinski definition) is 4. The molecule has 5 rings (SSSR count). The maximum Gasteiger partial charge on any atom is 0.300 e. The summed E-state index contributed by atoms with van der Waals surface area (Å²) in [6.45, 7) is 6.45. The second-order valence-corrected chi connectivity index (χ2v) is 9.69. The maximum absolute atomic E-state index is 13.5. The number of carbonyl (C=O) groups is 2. The molecule has 0 bridgehead atoms. The van der Waals surface area contributed by atoms with E-state index in [-0.39, 0.29) is 21.9 Å². The van der Waals surface area contributed by atoms with E-state index in [0.717, 1.165) is 16.5 Å². The third-order valence-electron chi connectivity index (χ3n) is 6.70. The van der Waals surface area contributed by atoms with E-state index in [9.17, 15) is 14.7 Å². The predicted octanol–water partition coefficient (Wildman–Crippen LogP) is 6.97. The van der Waals surface area contributed by atoms with Crippen molar-refractivity contribution in [2.75, 3.05) is 11.5 Å². The van der Waals surface area contributed by atoms with Gasteiger partial charge in [-0.05, 0) is 54.8 Å². The van der Waals surface area contributed by atoms with Gasteiger partial charge in [0.05, 0.1) is 23.2 Å². The van der Waals surface area contributed by atoms with Gasteiger partial charge in [-0.2, -0.15) is 0 Å². The largest absolute Gasteiger partial charge is 0.507 e. The number of carbonyl (C=O) groups excluding carboxylic acids is 2. The van der Waals surface area contributed by atoms with Crippen LogP contribution in [0.3, 0.4) is 0 Å². The summed E-state index contributed by atoms with van der Waals surface area (Å²) in [5, 5.41) is 12.6. The lowest BCUT2D eigenvalue weighted by atomic mass is 9.94. The van der Waals surface area contributed by atoms with Gasteiger partial charge < -0.3 is 14.8 Å². The Bertz CT molecular complexity index is 1530. The maximum atomic E-state index is 13.5. The van der Waals surface area contributed by atoms with Crippen LogP contribution >= 0.6 is 11.6 Å². The number of aromatic nitrogens is 1. The number of anilines is 1. The summed E-state index contributed by atoms with van der Waals surface area (Å²) in [4.78, 5) is 31.8. The number of hydrogen-bond donors (Lipinski definition) is 2. The highest BCUT2D eigenvalue weighted by atomic mass is 35.5. The first-order valence-electron chi connectivity index (χ1n) is 12.2. The highest BCUT2D eigenvalue weighted by Crippen LogP contribution is 2.45. The van der Waals surface area contributed by atoms with E-state index in [0.29, 0.717) is 29.5 Å². The topological polar surface area (TPSA) is 82.6 Å². The predicted molar refractivity (Wildman–Crippen MR) is 146 cm³/mol. The number of nitrogens with zero attached hydrogens (tertiary/aromatic N) is 1. The second-order valence-electron chi connectivity index (χ2n) is 9.28. The highest BCUT2D eigenvalue weighted by molar-refractivity contribution is 6.52. The third kappa shape index (κ3) is 4.27. The molecule has 1 amide bonds. The number of benzene rings is 3. The monoisotopic (exact) mass is 514 g/mol. The van der Waals surface area contributed by atoms with E-state index in [2.05, 4.69) is 18.8 Å². The summed E-state index contributed by atoms with van der Waals surface area (Å²) in [6.07, 6.45) is 1.78. The van der Waals surface area contributed by atoms with Crippen molar-refractivity contribution in [1.29, 1.82) is 0 Å². The number of aliphatic hydroxyl groups is 1. The Kier molecular flexibility index (Phi) is 6.52. The van der Waals surface area contributed by atoms with Crippen LogP contribution in [0, 0.1) is 0 Å². The lowest BCUT2D eigenvalue weighted by molar-refractivity contribution is -0.132. The fourth-order valence-corrected chi connectivity index (χ4v) is 5.03. The molecule has 188 valence electrons. The first-order chi connectivity index (χ1) is 17.8. The molecule has 4 aromatic rings. The number of amides is 1. The van der Waals surface area contributed by atoms with Gasteiger partial charge in [0.1, 0.15) is 11.5 Å². The van der Waals surface area contributed by atoms with Crippen LogP contribution in [0.25, 0.3) is 16.7 Å². The number of nitrogens with one attached hydrogen (secondary N) is 1. The van der Waals surface area contributed by atoms with Gasteiger partial charge in [0.15, 0.2) is 0 Å². The molecular formula is C30H27ClN2O4. The van der Waals surface area contributed by atoms with Gasteiger partial charge in [-0.25, -0.2) is 0 Å². The molecule has 6 nitrogen and oxygen atoms in total. The molecule has 1 aromatic heterocycles. The standard InChI is InChI=1S/C30H27ClN2O4/c1-4-37-20-13-14-24(31)22(15-20)28(34)26-27(23-16-32-25-8-6-5-7-21(23)25)33(30(36)29(26)35)19-11-9-18(10-12-19)17(2)3/h5-17,27,32,34H,4H2,1-3H3/b28-26+. The van der Waals surface area contributed by atoms with Crippen LogP contribution in [0.1, 0.15) is 49.4 Å². The zero-order chi connectivity index (χ0) is 26.3. The number of rotatable bonds is 6. The Balaban J connectivity index is 1.75. The molecule has 1 aliphatic rings. The lowest BCUT2D eigenvalue weighted by Crippen LogP contribution is -2.29. The van der Waals surface area contributed by atoms with Crippen LogP contribution in [-0.2, 0) is 9.59 Å². The number of aromatic amines is 1. The molecule has 3 aromatic carbocycles. The first-order valence-corrected chi connectivity index (χ1v) is 12.6. The van der Waals surface area contributed by atoms with Crippen molar-refractivity contribution in [2.24, 2.45) is 0 Å². The SMILES string of the molecule is CCOc1ccc(Cl)c(/C(O)=C2\C(=O)C(=O)N(c3ccc(C(C)C)cc3)C2c2c[nH]c3ccccc23)c1. The summed E-state index contributed by atoms with van der Waals surface area (Å²) < 4.78 is 5.58. The molecule has 0 saturated carbocycles. The fourth-order valence-electron chi connectivity index (χ4n) is 4.82. The van der Waals surface area contributed by atoms with Crippen molar-refractivity contribution in [2.45, 2.75) is 32.7 Å². The molecule has 0 aliphatic carbocycles. The molecule has 37 heavy (non-hydrogen) atoms. The van der Waals surface area contributed by atoms with E-state index in [1.807, 2.05) is 55.5 Å². The summed E-state index contributed by atoms with van der Waals surface area (Å²) in [5.41, 5.74) is 3.43. The van der Waals surface area contributed by atoms with E-state index in [4.69, 9.17) is 16.3 Å². The average molecular weight is 515 g/mol. The van der Waals surface area contributed by atoms with Gasteiger partial charge in [0, 0.05) is 33.9 Å². The van der Waals surface area contributed by atoms with Gasteiger partial charge in [0.25, 0.3) is 11.7 Å². The molecule has 7 heteroatoms. The lowest BCUT2D eigenvalue weighted by Gasteiger charge is -2.25. The Morgan fingerprint density at radius 3 is 2.51 bits per heavy atom. The Morgan fingerprint density at radius 1 is 1.08 bits per heavy atom. The molecular weight excluding hydrogens is 488 g/mol. The first kappa shape index (κ1) is 24.7. The third-order valence-corrected chi connectivity index (χ3v) is 7.03. The van der Waals surface area contributed by atoms with Gasteiger partial charge in [-0.15, -0.1) is 0 Å². The summed E-state index contributed by atoms with van der Waals surface area (Å²) >= 11 is 6.46. The van der Waals surface area contributed by atoms with Crippen molar-refractivity contribution in [1.82, 2.24) is 4.98 Å². The number of ether oxygens (including phenoxy) is 1. The quantitative estimate of drug-likeness (QED) is 0.165. The minimum atomic E-state index is -0.868. The summed E-state index contributed by atoms with van der Waals surface area (Å²) in [5.74, 6) is -1.03. The van der Waals surface area contributed by atoms with E-state index in [1.165, 1.54) is 4.90 Å². The molecule has 1 aliphatic heterocycles. The number of aliphatic hydroxyl groups excluding tert-OH is 1. The van der Waals surface area contributed by atoms with E-state index >= 15 is 0 Å². The second kappa shape index (κ2) is 9.79. The normalized spacial score (nSPS) is 17.2. The number of ketones is 1. The van der Waals surface area contributed by atoms with Crippen LogP contribution in [0.15, 0.2) is 78.5 Å². The minimum Gasteiger partial charge on any atom is -0.507 e. The fraction of sp³-hybridized carbons (Fsp3) is 0.200. The van der Waals surface area contributed by atoms with Gasteiger partial charge >= 0.3 is 0 Å². The zero-order valence-electron chi connectivity index (χ0n) is 20.8. The molecule has 0 radical (unpaired) electrons. The van der Waals surface area contributed by atoms with Crippen LogP contribution in [0.2, 0.25) is 5.02 Å². The molecule has 1 fully saturated rings. The van der Waals surface area contributed by atoms with Gasteiger partial charge in [-0.3, -0.25) is 14.5 Å². The van der Waals surface area contributed by atoms with Gasteiger partial charge in [0.2, 0.25) is 0 Å². The van der Waals surface area contributed by atoms with E-state index in [1.54, 1.807) is 24.4 Å². The van der Waals surface area contributed by atoms with Crippen molar-refractivity contribution in [3.63, 3.8) is 0 Å². The van der Waals surface area contributed by atoms with Crippen LogP contribution in [0.5, 0.6) is 5.75 Å². The molecule has 1 atom stereocenters. The highest BCUT2D eigenvalue weighted by Gasteiger charge is 2.48. The average Bonchev–Trinajstić information content (AvgIpc) is 3.43. The number of H-pyrrole nitrogens is 1. The van der Waals surface area contributed by atoms with Crippen LogP contribution < -0.4 is 9.64 Å². The van der Waals surface area contributed by atoms with Crippen molar-refractivity contribution < 1.29 is 19.4 Å². The minimum absolute atomic E-state index is 0.0294. The smallest absolute Gasteiger partial charge is 0.300 e. The molecule has 1 saturated heterocycles. The number of fused-ring (bicyclic) bond motifs is 1. The molecule has 2 N–H and O–H groups in total. The van der Waals surface area contributed by atoms with Gasteiger partial charge in [-0.1, -0.05) is 55.8 Å². The Labute approximate surface area is 220 Å². The van der Waals surface area contributed by atoms with E-state index < -0.39 is 17.7 Å².